The zero-order chi connectivity index (χ0) is 19.2. The van der Waals surface area contributed by atoms with Crippen molar-refractivity contribution in [2.24, 2.45) is 0 Å². The van der Waals surface area contributed by atoms with Crippen LogP contribution in [0.2, 0.25) is 5.02 Å². The summed E-state index contributed by atoms with van der Waals surface area (Å²) >= 11 is 7.24. The molecule has 0 saturated carbocycles. The van der Waals surface area contributed by atoms with Crippen LogP contribution >= 0.6 is 23.4 Å². The maximum Gasteiger partial charge on any atom is 0.316 e. The van der Waals surface area contributed by atoms with E-state index in [2.05, 4.69) is 10.2 Å². The van der Waals surface area contributed by atoms with Crippen LogP contribution in [0.3, 0.4) is 0 Å². The molecule has 0 saturated heterocycles. The van der Waals surface area contributed by atoms with E-state index < -0.39 is 0 Å². The predicted octanol–water partition coefficient (Wildman–Crippen LogP) is 4.06. The van der Waals surface area contributed by atoms with Gasteiger partial charge in [0.2, 0.25) is 0 Å². The highest BCUT2D eigenvalue weighted by molar-refractivity contribution is 7.99. The fourth-order valence-electron chi connectivity index (χ4n) is 2.45. The molecule has 0 fully saturated rings. The maximum atomic E-state index is 12.1. The second kappa shape index (κ2) is 8.96. The summed E-state index contributed by atoms with van der Waals surface area (Å²) in [5, 5.41) is 9.47. The minimum absolute atomic E-state index is 0.0846. The first-order valence-electron chi connectivity index (χ1n) is 8.20. The lowest BCUT2D eigenvalue weighted by molar-refractivity contribution is -0.141. The van der Waals surface area contributed by atoms with E-state index in [0.29, 0.717) is 39.6 Å². The SMILES string of the molecule is CCn1c(SCC(=O)OCc2cc(Cl)ccc2OC)nnc1-c1ccco1. The van der Waals surface area contributed by atoms with Crippen molar-refractivity contribution in [2.75, 3.05) is 12.9 Å². The average molecular weight is 408 g/mol. The van der Waals surface area contributed by atoms with Crippen molar-refractivity contribution < 1.29 is 18.7 Å². The van der Waals surface area contributed by atoms with Crippen LogP contribution < -0.4 is 4.74 Å². The number of thioether (sulfide) groups is 1. The van der Waals surface area contributed by atoms with Gasteiger partial charge in [-0.15, -0.1) is 10.2 Å². The number of benzene rings is 1. The van der Waals surface area contributed by atoms with Crippen LogP contribution in [0.4, 0.5) is 0 Å². The summed E-state index contributed by atoms with van der Waals surface area (Å²) in [4.78, 5) is 12.1. The quantitative estimate of drug-likeness (QED) is 0.411. The Kier molecular flexibility index (Phi) is 6.41. The van der Waals surface area contributed by atoms with E-state index in [1.165, 1.54) is 11.8 Å². The van der Waals surface area contributed by atoms with Gasteiger partial charge in [-0.3, -0.25) is 9.36 Å². The molecule has 2 heterocycles. The Morgan fingerprint density at radius 2 is 2.19 bits per heavy atom. The van der Waals surface area contributed by atoms with Gasteiger partial charge in [0.25, 0.3) is 0 Å². The minimum Gasteiger partial charge on any atom is -0.496 e. The van der Waals surface area contributed by atoms with Gasteiger partial charge >= 0.3 is 5.97 Å². The molecule has 0 aliphatic rings. The zero-order valence-electron chi connectivity index (χ0n) is 14.8. The van der Waals surface area contributed by atoms with Crippen molar-refractivity contribution >= 4 is 29.3 Å². The molecular weight excluding hydrogens is 390 g/mol. The van der Waals surface area contributed by atoms with E-state index in [9.17, 15) is 4.79 Å². The van der Waals surface area contributed by atoms with Crippen molar-refractivity contribution in [1.82, 2.24) is 14.8 Å². The van der Waals surface area contributed by atoms with Crippen LogP contribution in [0, 0.1) is 0 Å². The number of aromatic nitrogens is 3. The fourth-order valence-corrected chi connectivity index (χ4v) is 3.45. The molecule has 0 atom stereocenters. The fraction of sp³-hybridized carbons (Fsp3) is 0.278. The van der Waals surface area contributed by atoms with Crippen LogP contribution in [0.5, 0.6) is 5.75 Å². The van der Waals surface area contributed by atoms with E-state index in [1.54, 1.807) is 37.6 Å². The number of halogens is 1. The molecular formula is C18H18ClN3O4S. The Labute approximate surface area is 165 Å². The van der Waals surface area contributed by atoms with E-state index in [-0.39, 0.29) is 18.3 Å². The van der Waals surface area contributed by atoms with Crippen LogP contribution in [-0.2, 0) is 22.7 Å². The van der Waals surface area contributed by atoms with E-state index in [4.69, 9.17) is 25.5 Å². The Morgan fingerprint density at radius 3 is 2.89 bits per heavy atom. The Morgan fingerprint density at radius 1 is 1.33 bits per heavy atom. The van der Waals surface area contributed by atoms with Gasteiger partial charge in [0.05, 0.1) is 19.1 Å². The molecule has 3 rings (SSSR count). The first-order chi connectivity index (χ1) is 13.1. The van der Waals surface area contributed by atoms with Gasteiger partial charge in [-0.05, 0) is 37.3 Å². The van der Waals surface area contributed by atoms with Gasteiger partial charge in [0.15, 0.2) is 16.7 Å². The standard InChI is InChI=1S/C18H18ClN3O4S/c1-3-22-17(15-5-4-8-25-15)20-21-18(22)27-11-16(23)26-10-12-9-13(19)6-7-14(12)24-2/h4-9H,3,10-11H2,1-2H3. The molecule has 0 N–H and O–H groups in total. The molecule has 3 aromatic rings. The summed E-state index contributed by atoms with van der Waals surface area (Å²) in [6.07, 6.45) is 1.58. The monoisotopic (exact) mass is 407 g/mol. The smallest absolute Gasteiger partial charge is 0.316 e. The highest BCUT2D eigenvalue weighted by Gasteiger charge is 2.17. The number of hydrogen-bond donors (Lipinski definition) is 0. The summed E-state index contributed by atoms with van der Waals surface area (Å²) in [6, 6.07) is 8.77. The lowest BCUT2D eigenvalue weighted by atomic mass is 10.2. The summed E-state index contributed by atoms with van der Waals surface area (Å²) in [7, 11) is 1.55. The number of ether oxygens (including phenoxy) is 2. The van der Waals surface area contributed by atoms with Crippen molar-refractivity contribution in [1.29, 1.82) is 0 Å². The van der Waals surface area contributed by atoms with Crippen molar-refractivity contribution in [3.63, 3.8) is 0 Å². The number of hydrogen-bond acceptors (Lipinski definition) is 7. The van der Waals surface area contributed by atoms with Gasteiger partial charge < -0.3 is 13.9 Å². The largest absolute Gasteiger partial charge is 0.496 e. The summed E-state index contributed by atoms with van der Waals surface area (Å²) in [5.74, 6) is 1.62. The van der Waals surface area contributed by atoms with Gasteiger partial charge in [0.1, 0.15) is 12.4 Å². The third kappa shape index (κ3) is 4.64. The predicted molar refractivity (Wildman–Crippen MR) is 102 cm³/mol. The van der Waals surface area contributed by atoms with Gasteiger partial charge in [-0.1, -0.05) is 23.4 Å². The number of nitrogens with zero attached hydrogens (tertiary/aromatic N) is 3. The third-order valence-corrected chi connectivity index (χ3v) is 4.90. The number of methoxy groups -OCH3 is 1. The molecule has 0 aliphatic carbocycles. The molecule has 0 aliphatic heterocycles. The molecule has 0 radical (unpaired) electrons. The molecule has 2 aromatic heterocycles. The lowest BCUT2D eigenvalue weighted by Crippen LogP contribution is -2.09. The van der Waals surface area contributed by atoms with Gasteiger partial charge in [-0.25, -0.2) is 0 Å². The average Bonchev–Trinajstić information content (AvgIpc) is 3.33. The third-order valence-electron chi connectivity index (χ3n) is 3.72. The number of furan rings is 1. The second-order valence-electron chi connectivity index (χ2n) is 5.43. The maximum absolute atomic E-state index is 12.1. The van der Waals surface area contributed by atoms with Crippen molar-refractivity contribution in [3.05, 3.63) is 47.2 Å². The highest BCUT2D eigenvalue weighted by atomic mass is 35.5. The van der Waals surface area contributed by atoms with Crippen LogP contribution in [0.25, 0.3) is 11.6 Å². The van der Waals surface area contributed by atoms with Crippen LogP contribution in [-0.4, -0.2) is 33.6 Å². The number of carbonyl (C=O) groups is 1. The molecule has 142 valence electrons. The number of esters is 1. The molecule has 7 nitrogen and oxygen atoms in total. The van der Waals surface area contributed by atoms with E-state index >= 15 is 0 Å². The first kappa shape index (κ1) is 19.3. The normalized spacial score (nSPS) is 10.8. The van der Waals surface area contributed by atoms with Crippen LogP contribution in [0.1, 0.15) is 12.5 Å². The molecule has 0 spiro atoms. The van der Waals surface area contributed by atoms with Crippen molar-refractivity contribution in [2.45, 2.75) is 25.2 Å². The number of carbonyl (C=O) groups excluding carboxylic acids is 1. The molecule has 9 heteroatoms. The molecule has 0 amide bonds. The highest BCUT2D eigenvalue weighted by Crippen LogP contribution is 2.25. The van der Waals surface area contributed by atoms with E-state index in [1.807, 2.05) is 17.6 Å². The number of rotatable bonds is 8. The Bertz CT molecular complexity index is 911. The molecule has 1 aromatic carbocycles. The topological polar surface area (TPSA) is 79.4 Å². The van der Waals surface area contributed by atoms with Crippen LogP contribution in [0.15, 0.2) is 46.2 Å². The minimum atomic E-state index is -0.368. The summed E-state index contributed by atoms with van der Waals surface area (Å²) in [6.45, 7) is 2.71. The summed E-state index contributed by atoms with van der Waals surface area (Å²) in [5.41, 5.74) is 0.709. The lowest BCUT2D eigenvalue weighted by Gasteiger charge is -2.10. The van der Waals surface area contributed by atoms with Gasteiger partial charge in [0, 0.05) is 17.1 Å². The molecule has 0 unspecified atom stereocenters. The van der Waals surface area contributed by atoms with Crippen molar-refractivity contribution in [3.8, 4) is 17.3 Å². The Balaban J connectivity index is 1.59. The zero-order valence-corrected chi connectivity index (χ0v) is 16.4. The molecule has 27 heavy (non-hydrogen) atoms. The summed E-state index contributed by atoms with van der Waals surface area (Å²) < 4.78 is 17.8. The van der Waals surface area contributed by atoms with Gasteiger partial charge in [-0.2, -0.15) is 0 Å². The second-order valence-corrected chi connectivity index (χ2v) is 6.81. The first-order valence-corrected chi connectivity index (χ1v) is 9.56. The molecule has 0 bridgehead atoms. The van der Waals surface area contributed by atoms with E-state index in [0.717, 1.165) is 0 Å². The Hall–Kier alpha value is -2.45.